The van der Waals surface area contributed by atoms with Crippen LogP contribution in [-0.2, 0) is 12.7 Å². The van der Waals surface area contributed by atoms with E-state index in [0.717, 1.165) is 13.0 Å². The number of nitrogens with zero attached hydrogens (tertiary/aromatic N) is 2. The van der Waals surface area contributed by atoms with Gasteiger partial charge in [0.25, 0.3) is 5.92 Å². The minimum atomic E-state index is -4.62. The Morgan fingerprint density at radius 3 is 2.48 bits per heavy atom. The van der Waals surface area contributed by atoms with Crippen LogP contribution in [0.15, 0.2) is 36.7 Å². The van der Waals surface area contributed by atoms with Crippen molar-refractivity contribution in [3.63, 3.8) is 0 Å². The van der Waals surface area contributed by atoms with Crippen LogP contribution in [0.1, 0.15) is 18.1 Å². The van der Waals surface area contributed by atoms with Crippen molar-refractivity contribution in [2.75, 3.05) is 5.32 Å². The van der Waals surface area contributed by atoms with Crippen LogP contribution in [0.5, 0.6) is 0 Å². The van der Waals surface area contributed by atoms with Gasteiger partial charge in [-0.25, -0.2) is 13.8 Å². The predicted molar refractivity (Wildman–Crippen MR) is 94.8 cm³/mol. The van der Waals surface area contributed by atoms with Gasteiger partial charge in [0.1, 0.15) is 5.82 Å². The van der Waals surface area contributed by atoms with Crippen LogP contribution in [0, 0.1) is 6.92 Å². The highest BCUT2D eigenvalue weighted by Crippen LogP contribution is 2.40. The van der Waals surface area contributed by atoms with Gasteiger partial charge >= 0.3 is 6.18 Å². The van der Waals surface area contributed by atoms with Crippen molar-refractivity contribution < 1.29 is 22.0 Å². The molecule has 0 bridgehead atoms. The Morgan fingerprint density at radius 2 is 1.85 bits per heavy atom. The Labute approximate surface area is 156 Å². The number of benzene rings is 1. The Bertz CT molecular complexity index is 989. The minimum absolute atomic E-state index is 0.0344. The molecule has 2 aromatic heterocycles. The molecule has 0 atom stereocenters. The summed E-state index contributed by atoms with van der Waals surface area (Å²) in [7, 11) is 0. The highest BCUT2D eigenvalue weighted by Gasteiger charge is 2.35. The normalized spacial score (nSPS) is 12.6. The molecule has 1 aromatic carbocycles. The summed E-state index contributed by atoms with van der Waals surface area (Å²) in [6, 6.07) is 5.31. The number of aromatic nitrogens is 2. The number of nitrogens with one attached hydrogen (secondary N) is 1. The molecule has 1 N–H and O–H groups in total. The highest BCUT2D eigenvalue weighted by molar-refractivity contribution is 6.30. The molecule has 27 heavy (non-hydrogen) atoms. The van der Waals surface area contributed by atoms with Crippen molar-refractivity contribution in [1.29, 1.82) is 0 Å². The molecular formula is C18H15ClF5N3. The summed E-state index contributed by atoms with van der Waals surface area (Å²) in [5.41, 5.74) is -0.381. The molecule has 0 amide bonds. The van der Waals surface area contributed by atoms with Crippen LogP contribution in [-0.4, -0.2) is 15.5 Å². The smallest absolute Gasteiger partial charge is 0.341 e. The summed E-state index contributed by atoms with van der Waals surface area (Å²) in [6.07, 6.45) is -1.82. The molecule has 144 valence electrons. The van der Waals surface area contributed by atoms with Gasteiger partial charge in [-0.15, -0.1) is 0 Å². The fourth-order valence-corrected chi connectivity index (χ4v) is 3.18. The first-order valence-electron chi connectivity index (χ1n) is 7.92. The van der Waals surface area contributed by atoms with Crippen LogP contribution in [0.25, 0.3) is 10.9 Å². The molecular weight excluding hydrogens is 389 g/mol. The predicted octanol–water partition coefficient (Wildman–Crippen LogP) is 6.42. The number of fused-ring (bicyclic) bond motifs is 1. The van der Waals surface area contributed by atoms with E-state index in [1.54, 1.807) is 0 Å². The molecule has 0 saturated heterocycles. The summed E-state index contributed by atoms with van der Waals surface area (Å²) in [5, 5.41) is 3.10. The van der Waals surface area contributed by atoms with Gasteiger partial charge in [-0.2, -0.15) is 13.2 Å². The quantitative estimate of drug-likeness (QED) is 0.510. The molecule has 0 unspecified atom stereocenters. The maximum absolute atomic E-state index is 13.4. The summed E-state index contributed by atoms with van der Waals surface area (Å²) in [4.78, 5) is 4.09. The van der Waals surface area contributed by atoms with Gasteiger partial charge < -0.3 is 9.88 Å². The fourth-order valence-electron chi connectivity index (χ4n) is 2.91. The van der Waals surface area contributed by atoms with Crippen molar-refractivity contribution in [1.82, 2.24) is 9.55 Å². The zero-order chi connectivity index (χ0) is 20.0. The molecule has 3 aromatic rings. The van der Waals surface area contributed by atoms with Gasteiger partial charge in [0.2, 0.25) is 0 Å². The van der Waals surface area contributed by atoms with Gasteiger partial charge in [-0.05, 0) is 36.8 Å². The molecule has 0 aliphatic carbocycles. The van der Waals surface area contributed by atoms with Crippen molar-refractivity contribution >= 4 is 34.0 Å². The summed E-state index contributed by atoms with van der Waals surface area (Å²) < 4.78 is 68.3. The summed E-state index contributed by atoms with van der Waals surface area (Å²) >= 11 is 5.77. The Kier molecular flexibility index (Phi) is 4.80. The molecule has 0 aliphatic rings. The first-order valence-corrected chi connectivity index (χ1v) is 8.29. The molecule has 2 heterocycles. The summed E-state index contributed by atoms with van der Waals surface area (Å²) in [5.74, 6) is -2.79. The lowest BCUT2D eigenvalue weighted by atomic mass is 10.1. The Balaban J connectivity index is 2.09. The number of aryl methyl sites for hydroxylation is 1. The Hall–Kier alpha value is -2.35. The fraction of sp³-hybridized carbons (Fsp3) is 0.278. The number of halogens is 6. The molecule has 0 fully saturated rings. The largest absolute Gasteiger partial charge is 0.418 e. The second-order valence-corrected chi connectivity index (χ2v) is 6.81. The van der Waals surface area contributed by atoms with E-state index in [2.05, 4.69) is 10.3 Å². The van der Waals surface area contributed by atoms with Crippen LogP contribution >= 0.6 is 11.6 Å². The SMILES string of the molecule is Cc1cc(Cl)cc(C(F)(F)F)c1Nc1nccc2c1ccn2CC(C)(F)F. The zero-order valence-electron chi connectivity index (χ0n) is 14.3. The lowest BCUT2D eigenvalue weighted by Crippen LogP contribution is -2.18. The number of anilines is 2. The van der Waals surface area contributed by atoms with Gasteiger partial charge in [-0.3, -0.25) is 0 Å². The van der Waals surface area contributed by atoms with Gasteiger partial charge in [0, 0.05) is 29.7 Å². The number of hydrogen-bond donors (Lipinski definition) is 1. The topological polar surface area (TPSA) is 29.9 Å². The lowest BCUT2D eigenvalue weighted by Gasteiger charge is -2.18. The molecule has 3 rings (SSSR count). The molecule has 0 radical (unpaired) electrons. The number of alkyl halides is 5. The average Bonchev–Trinajstić information content (AvgIpc) is 2.91. The van der Waals surface area contributed by atoms with Crippen molar-refractivity contribution in [3.8, 4) is 0 Å². The standard InChI is InChI=1S/C18H15ClF5N3/c1-10-7-11(19)8-13(18(22,23)24)15(10)26-16-12-4-6-27(9-17(2,20)21)14(12)3-5-25-16/h3-8H,9H2,1-2H3,(H,25,26). The molecule has 0 saturated carbocycles. The van der Waals surface area contributed by atoms with E-state index in [0.29, 0.717) is 10.9 Å². The van der Waals surface area contributed by atoms with E-state index < -0.39 is 24.2 Å². The highest BCUT2D eigenvalue weighted by atomic mass is 35.5. The van der Waals surface area contributed by atoms with Gasteiger partial charge in [0.15, 0.2) is 0 Å². The first kappa shape index (κ1) is 19.4. The number of pyridine rings is 1. The average molecular weight is 404 g/mol. The summed E-state index contributed by atoms with van der Waals surface area (Å²) in [6.45, 7) is 1.74. The monoisotopic (exact) mass is 403 g/mol. The second-order valence-electron chi connectivity index (χ2n) is 6.37. The van der Waals surface area contributed by atoms with E-state index in [-0.39, 0.29) is 22.1 Å². The molecule has 0 aliphatic heterocycles. The van der Waals surface area contributed by atoms with Crippen LogP contribution in [0.2, 0.25) is 5.02 Å². The first-order chi connectivity index (χ1) is 12.5. The Morgan fingerprint density at radius 1 is 1.15 bits per heavy atom. The number of hydrogen-bond acceptors (Lipinski definition) is 2. The van der Waals surface area contributed by atoms with E-state index >= 15 is 0 Å². The van der Waals surface area contributed by atoms with Crippen molar-refractivity contribution in [3.05, 3.63) is 52.8 Å². The van der Waals surface area contributed by atoms with E-state index in [4.69, 9.17) is 11.6 Å². The van der Waals surface area contributed by atoms with E-state index in [9.17, 15) is 22.0 Å². The third-order valence-electron chi connectivity index (χ3n) is 3.99. The van der Waals surface area contributed by atoms with E-state index in [1.807, 2.05) is 0 Å². The van der Waals surface area contributed by atoms with E-state index in [1.165, 1.54) is 42.1 Å². The maximum Gasteiger partial charge on any atom is 0.418 e. The third kappa shape index (κ3) is 4.16. The van der Waals surface area contributed by atoms with Crippen molar-refractivity contribution in [2.24, 2.45) is 0 Å². The molecule has 3 nitrogen and oxygen atoms in total. The van der Waals surface area contributed by atoms with Crippen LogP contribution in [0.4, 0.5) is 33.5 Å². The van der Waals surface area contributed by atoms with Crippen molar-refractivity contribution in [2.45, 2.75) is 32.5 Å². The maximum atomic E-state index is 13.4. The van der Waals surface area contributed by atoms with Gasteiger partial charge in [0.05, 0.1) is 23.3 Å². The van der Waals surface area contributed by atoms with Crippen LogP contribution in [0.3, 0.4) is 0 Å². The lowest BCUT2D eigenvalue weighted by molar-refractivity contribution is -0.136. The second kappa shape index (κ2) is 6.67. The van der Waals surface area contributed by atoms with Gasteiger partial charge in [-0.1, -0.05) is 11.6 Å². The third-order valence-corrected chi connectivity index (χ3v) is 4.21. The minimum Gasteiger partial charge on any atom is -0.341 e. The van der Waals surface area contributed by atoms with Crippen LogP contribution < -0.4 is 5.32 Å². The molecule has 0 spiro atoms. The zero-order valence-corrected chi connectivity index (χ0v) is 15.1. The molecule has 9 heteroatoms. The number of rotatable bonds is 4.